The van der Waals surface area contributed by atoms with Crippen LogP contribution in [0.1, 0.15) is 17.3 Å². The van der Waals surface area contributed by atoms with Crippen LogP contribution in [0.2, 0.25) is 0 Å². The second kappa shape index (κ2) is 5.71. The van der Waals surface area contributed by atoms with Crippen molar-refractivity contribution in [2.24, 2.45) is 0 Å². The molecule has 0 unspecified atom stereocenters. The Morgan fingerprint density at radius 3 is 2.38 bits per heavy atom. The molecule has 0 aliphatic carbocycles. The summed E-state index contributed by atoms with van der Waals surface area (Å²) in [6.45, 7) is 0.694. The maximum Gasteiger partial charge on any atom is 0.337 e. The quantitative estimate of drug-likeness (QED) is 0.771. The van der Waals surface area contributed by atoms with Gasteiger partial charge in [-0.2, -0.15) is 0 Å². The largest absolute Gasteiger partial charge is 0.478 e. The number of anilines is 2. The van der Waals surface area contributed by atoms with Crippen LogP contribution in [0.15, 0.2) is 18.2 Å². The minimum absolute atomic E-state index is 0.0464. The number of nitrogens with zero attached hydrogens (tertiary/aromatic N) is 1. The van der Waals surface area contributed by atoms with Gasteiger partial charge >= 0.3 is 5.97 Å². The van der Waals surface area contributed by atoms with Crippen molar-refractivity contribution in [3.63, 3.8) is 0 Å². The number of carboxylic acid groups (broad SMARTS) is 1. The number of nitrogens with one attached hydrogen (secondary N) is 1. The molecule has 0 bridgehead atoms. The Morgan fingerprint density at radius 2 is 1.86 bits per heavy atom. The highest BCUT2D eigenvalue weighted by atomic mass is 16.5. The summed E-state index contributed by atoms with van der Waals surface area (Å²) in [7, 11) is 0. The normalized spacial score (nSPS) is 15.0. The number of aromatic carboxylic acids is 1. The summed E-state index contributed by atoms with van der Waals surface area (Å²) in [6.07, 6.45) is 0. The molecule has 1 fully saturated rings. The van der Waals surface area contributed by atoms with E-state index in [9.17, 15) is 24.3 Å². The van der Waals surface area contributed by atoms with Crippen LogP contribution in [-0.4, -0.2) is 42.0 Å². The van der Waals surface area contributed by atoms with Gasteiger partial charge in [-0.3, -0.25) is 14.4 Å². The van der Waals surface area contributed by atoms with Gasteiger partial charge in [0, 0.05) is 12.6 Å². The molecule has 0 radical (unpaired) electrons. The van der Waals surface area contributed by atoms with Gasteiger partial charge in [-0.05, 0) is 18.2 Å². The van der Waals surface area contributed by atoms with E-state index < -0.39 is 17.8 Å². The summed E-state index contributed by atoms with van der Waals surface area (Å²) >= 11 is 0. The molecular weight excluding hydrogens is 280 g/mol. The number of hydrogen-bond donors (Lipinski definition) is 2. The first kappa shape index (κ1) is 14.7. The number of carbonyl (C=O) groups is 4. The van der Waals surface area contributed by atoms with Crippen LogP contribution in [0.5, 0.6) is 0 Å². The first-order valence-electron chi connectivity index (χ1n) is 5.98. The number of carboxylic acids is 1. The van der Waals surface area contributed by atoms with E-state index in [-0.39, 0.29) is 36.1 Å². The third-order valence-corrected chi connectivity index (χ3v) is 2.74. The van der Waals surface area contributed by atoms with Gasteiger partial charge in [0.25, 0.3) is 11.8 Å². The third-order valence-electron chi connectivity index (χ3n) is 2.74. The smallest absolute Gasteiger partial charge is 0.337 e. The maximum absolute atomic E-state index is 11.8. The van der Waals surface area contributed by atoms with Gasteiger partial charge in [-0.25, -0.2) is 9.69 Å². The number of imide groups is 1. The molecule has 8 heteroatoms. The molecule has 1 saturated heterocycles. The zero-order valence-corrected chi connectivity index (χ0v) is 11.1. The minimum atomic E-state index is -1.32. The molecule has 110 valence electrons. The summed E-state index contributed by atoms with van der Waals surface area (Å²) in [5.74, 6) is -2.95. The highest BCUT2D eigenvalue weighted by molar-refractivity contribution is 6.19. The Labute approximate surface area is 119 Å². The van der Waals surface area contributed by atoms with Gasteiger partial charge < -0.3 is 15.2 Å². The maximum atomic E-state index is 11.8. The van der Waals surface area contributed by atoms with Crippen molar-refractivity contribution in [3.8, 4) is 0 Å². The molecule has 1 heterocycles. The Balaban J connectivity index is 2.47. The minimum Gasteiger partial charge on any atom is -0.478 e. The van der Waals surface area contributed by atoms with Crippen molar-refractivity contribution >= 4 is 35.1 Å². The van der Waals surface area contributed by atoms with Crippen molar-refractivity contribution in [2.75, 3.05) is 23.4 Å². The number of amides is 3. The Morgan fingerprint density at radius 1 is 1.24 bits per heavy atom. The molecule has 0 spiro atoms. The molecule has 0 saturated carbocycles. The van der Waals surface area contributed by atoms with Gasteiger partial charge in [-0.1, -0.05) is 0 Å². The average molecular weight is 292 g/mol. The molecule has 3 amide bonds. The van der Waals surface area contributed by atoms with Crippen molar-refractivity contribution in [1.82, 2.24) is 0 Å². The van der Waals surface area contributed by atoms with Crippen molar-refractivity contribution in [2.45, 2.75) is 6.92 Å². The molecule has 2 rings (SSSR count). The molecule has 1 aromatic rings. The van der Waals surface area contributed by atoms with Crippen molar-refractivity contribution < 1.29 is 29.0 Å². The van der Waals surface area contributed by atoms with Crippen molar-refractivity contribution in [3.05, 3.63) is 23.8 Å². The van der Waals surface area contributed by atoms with E-state index >= 15 is 0 Å². The summed E-state index contributed by atoms with van der Waals surface area (Å²) in [5.41, 5.74) is -0.0449. The zero-order chi connectivity index (χ0) is 15.6. The highest BCUT2D eigenvalue weighted by Gasteiger charge is 2.31. The third kappa shape index (κ3) is 3.06. The predicted octanol–water partition coefficient (Wildman–Crippen LogP) is 0.233. The average Bonchev–Trinajstić information content (AvgIpc) is 2.39. The first-order valence-corrected chi connectivity index (χ1v) is 5.98. The SMILES string of the molecule is CC(=O)Nc1ccc(N2C(=O)COCC2=O)c(C(=O)O)c1. The monoisotopic (exact) mass is 292 g/mol. The van der Waals surface area contributed by atoms with E-state index in [0.29, 0.717) is 0 Å². The topological polar surface area (TPSA) is 113 Å². The Kier molecular flexibility index (Phi) is 3.99. The van der Waals surface area contributed by atoms with Crippen LogP contribution in [0.3, 0.4) is 0 Å². The molecule has 0 atom stereocenters. The number of ether oxygens (including phenoxy) is 1. The molecule has 1 aliphatic rings. The van der Waals surface area contributed by atoms with E-state index in [2.05, 4.69) is 5.32 Å². The van der Waals surface area contributed by atoms with Crippen LogP contribution >= 0.6 is 0 Å². The number of hydrogen-bond acceptors (Lipinski definition) is 5. The van der Waals surface area contributed by atoms with Crippen molar-refractivity contribution in [1.29, 1.82) is 0 Å². The molecule has 1 aliphatic heterocycles. The lowest BCUT2D eigenvalue weighted by Crippen LogP contribution is -2.47. The molecule has 8 nitrogen and oxygen atoms in total. The van der Waals surface area contributed by atoms with Crippen LogP contribution in [-0.2, 0) is 19.1 Å². The predicted molar refractivity (Wildman–Crippen MR) is 71.0 cm³/mol. The standard InChI is InChI=1S/C13H12N2O6/c1-7(16)14-8-2-3-10(9(4-8)13(19)20)15-11(17)5-21-6-12(15)18/h2-4H,5-6H2,1H3,(H,14,16)(H,19,20). The number of benzene rings is 1. The van der Waals surface area contributed by atoms with E-state index in [0.717, 1.165) is 4.90 Å². The number of morpholine rings is 1. The van der Waals surface area contributed by atoms with E-state index in [1.807, 2.05) is 0 Å². The fourth-order valence-electron chi connectivity index (χ4n) is 1.95. The molecular formula is C13H12N2O6. The van der Waals surface area contributed by atoms with Crippen LogP contribution in [0, 0.1) is 0 Å². The summed E-state index contributed by atoms with van der Waals surface area (Å²) in [4.78, 5) is 46.6. The van der Waals surface area contributed by atoms with Gasteiger partial charge in [0.1, 0.15) is 13.2 Å². The van der Waals surface area contributed by atoms with E-state index in [1.54, 1.807) is 0 Å². The number of carbonyl (C=O) groups excluding carboxylic acids is 3. The Hall–Kier alpha value is -2.74. The lowest BCUT2D eigenvalue weighted by atomic mass is 10.1. The molecule has 2 N–H and O–H groups in total. The summed E-state index contributed by atoms with van der Waals surface area (Å²) in [6, 6.07) is 3.91. The van der Waals surface area contributed by atoms with Crippen LogP contribution in [0.4, 0.5) is 11.4 Å². The fraction of sp³-hybridized carbons (Fsp3) is 0.231. The molecule has 21 heavy (non-hydrogen) atoms. The lowest BCUT2D eigenvalue weighted by molar-refractivity contribution is -0.138. The highest BCUT2D eigenvalue weighted by Crippen LogP contribution is 2.26. The molecule has 1 aromatic carbocycles. The summed E-state index contributed by atoms with van der Waals surface area (Å²) < 4.78 is 4.78. The molecule has 0 aromatic heterocycles. The van der Waals surface area contributed by atoms with E-state index in [4.69, 9.17) is 4.74 Å². The van der Waals surface area contributed by atoms with Gasteiger partial charge in [0.15, 0.2) is 0 Å². The van der Waals surface area contributed by atoms with Gasteiger partial charge in [0.05, 0.1) is 11.3 Å². The van der Waals surface area contributed by atoms with Crippen LogP contribution in [0.25, 0.3) is 0 Å². The zero-order valence-electron chi connectivity index (χ0n) is 11.1. The van der Waals surface area contributed by atoms with Crippen LogP contribution < -0.4 is 10.2 Å². The second-order valence-electron chi connectivity index (χ2n) is 4.33. The van der Waals surface area contributed by atoms with E-state index in [1.165, 1.54) is 25.1 Å². The Bertz CT molecular complexity index is 624. The number of rotatable bonds is 3. The van der Waals surface area contributed by atoms with Gasteiger partial charge in [-0.15, -0.1) is 0 Å². The first-order chi connectivity index (χ1) is 9.90. The lowest BCUT2D eigenvalue weighted by Gasteiger charge is -2.26. The summed E-state index contributed by atoms with van der Waals surface area (Å²) in [5, 5.41) is 11.7. The second-order valence-corrected chi connectivity index (χ2v) is 4.33. The van der Waals surface area contributed by atoms with Gasteiger partial charge in [0.2, 0.25) is 5.91 Å². The fourth-order valence-corrected chi connectivity index (χ4v) is 1.95.